The molecule has 2 N–H and O–H groups in total. The molecule has 0 aliphatic heterocycles. The van der Waals surface area contributed by atoms with Gasteiger partial charge in [0.25, 0.3) is 5.56 Å². The minimum absolute atomic E-state index is 0.208. The topological polar surface area (TPSA) is 100 Å². The summed E-state index contributed by atoms with van der Waals surface area (Å²) in [6, 6.07) is 10.3. The van der Waals surface area contributed by atoms with E-state index in [0.29, 0.717) is 22.6 Å². The lowest BCUT2D eigenvalue weighted by molar-refractivity contribution is 0.559. The fourth-order valence-electron chi connectivity index (χ4n) is 2.14. The highest BCUT2D eigenvalue weighted by Gasteiger charge is 2.08. The SMILES string of the molecule is C/C(=N/Nc1nc(C)cc(=O)[nH]1)c1cc2ccccc2oc1=O. The molecule has 0 bridgehead atoms. The van der Waals surface area contributed by atoms with Gasteiger partial charge in [-0.15, -0.1) is 0 Å². The number of hydrogen-bond donors (Lipinski definition) is 2. The fraction of sp³-hybridized carbons (Fsp3) is 0.125. The lowest BCUT2D eigenvalue weighted by Crippen LogP contribution is -2.15. The van der Waals surface area contributed by atoms with Crippen LogP contribution in [0.2, 0.25) is 0 Å². The second-order valence-electron chi connectivity index (χ2n) is 5.03. The Morgan fingerprint density at radius 3 is 2.83 bits per heavy atom. The summed E-state index contributed by atoms with van der Waals surface area (Å²) in [5.74, 6) is 0.208. The van der Waals surface area contributed by atoms with E-state index >= 15 is 0 Å². The third-order valence-electron chi connectivity index (χ3n) is 3.23. The van der Waals surface area contributed by atoms with Crippen LogP contribution in [-0.4, -0.2) is 15.7 Å². The number of aromatic amines is 1. The number of hydrazone groups is 1. The maximum atomic E-state index is 12.0. The van der Waals surface area contributed by atoms with Crippen LogP contribution in [0, 0.1) is 6.92 Å². The van der Waals surface area contributed by atoms with Crippen LogP contribution in [0.5, 0.6) is 0 Å². The van der Waals surface area contributed by atoms with Crippen molar-refractivity contribution in [3.63, 3.8) is 0 Å². The Morgan fingerprint density at radius 1 is 1.26 bits per heavy atom. The van der Waals surface area contributed by atoms with Crippen molar-refractivity contribution in [3.8, 4) is 0 Å². The molecule has 3 aromatic rings. The minimum Gasteiger partial charge on any atom is -0.422 e. The van der Waals surface area contributed by atoms with Gasteiger partial charge in [-0.2, -0.15) is 5.10 Å². The number of aromatic nitrogens is 2. The number of fused-ring (bicyclic) bond motifs is 1. The molecule has 0 atom stereocenters. The largest absolute Gasteiger partial charge is 0.422 e. The summed E-state index contributed by atoms with van der Waals surface area (Å²) in [6.45, 7) is 3.37. The summed E-state index contributed by atoms with van der Waals surface area (Å²) in [4.78, 5) is 30.0. The van der Waals surface area contributed by atoms with Gasteiger partial charge in [-0.05, 0) is 26.0 Å². The van der Waals surface area contributed by atoms with Crippen LogP contribution in [0.25, 0.3) is 11.0 Å². The van der Waals surface area contributed by atoms with E-state index in [9.17, 15) is 9.59 Å². The fourth-order valence-corrected chi connectivity index (χ4v) is 2.14. The Kier molecular flexibility index (Phi) is 3.76. The number of rotatable bonds is 3. The average molecular weight is 310 g/mol. The van der Waals surface area contributed by atoms with Crippen molar-refractivity contribution >= 4 is 22.6 Å². The molecule has 2 heterocycles. The van der Waals surface area contributed by atoms with E-state index < -0.39 is 5.63 Å². The molecule has 0 fully saturated rings. The zero-order chi connectivity index (χ0) is 16.4. The highest BCUT2D eigenvalue weighted by Crippen LogP contribution is 2.13. The molecule has 0 spiro atoms. The molecule has 0 unspecified atom stereocenters. The second kappa shape index (κ2) is 5.88. The Balaban J connectivity index is 1.96. The van der Waals surface area contributed by atoms with E-state index in [4.69, 9.17) is 4.42 Å². The lowest BCUT2D eigenvalue weighted by atomic mass is 10.1. The van der Waals surface area contributed by atoms with Crippen molar-refractivity contribution in [2.45, 2.75) is 13.8 Å². The maximum Gasteiger partial charge on any atom is 0.345 e. The molecule has 0 saturated carbocycles. The summed E-state index contributed by atoms with van der Waals surface area (Å²) in [7, 11) is 0. The van der Waals surface area contributed by atoms with Gasteiger partial charge >= 0.3 is 5.63 Å². The van der Waals surface area contributed by atoms with Crippen molar-refractivity contribution in [2.75, 3.05) is 5.43 Å². The van der Waals surface area contributed by atoms with Crippen molar-refractivity contribution in [1.29, 1.82) is 0 Å². The summed E-state index contributed by atoms with van der Waals surface area (Å²) in [5.41, 5.74) is 3.73. The number of anilines is 1. The summed E-state index contributed by atoms with van der Waals surface area (Å²) >= 11 is 0. The molecular formula is C16H14N4O3. The third kappa shape index (κ3) is 3.18. The molecule has 1 aromatic carbocycles. The van der Waals surface area contributed by atoms with E-state index in [2.05, 4.69) is 20.5 Å². The van der Waals surface area contributed by atoms with Crippen molar-refractivity contribution < 1.29 is 4.42 Å². The molecule has 0 aliphatic carbocycles. The molecule has 2 aromatic heterocycles. The summed E-state index contributed by atoms with van der Waals surface area (Å²) in [6.07, 6.45) is 0. The van der Waals surface area contributed by atoms with Crippen molar-refractivity contribution in [3.05, 3.63) is 68.4 Å². The summed E-state index contributed by atoms with van der Waals surface area (Å²) in [5, 5.41) is 4.89. The van der Waals surface area contributed by atoms with Gasteiger partial charge in [0, 0.05) is 17.1 Å². The second-order valence-corrected chi connectivity index (χ2v) is 5.03. The van der Waals surface area contributed by atoms with Gasteiger partial charge in [0.2, 0.25) is 5.95 Å². The third-order valence-corrected chi connectivity index (χ3v) is 3.23. The van der Waals surface area contributed by atoms with Crippen molar-refractivity contribution in [2.24, 2.45) is 5.10 Å². The molecule has 0 saturated heterocycles. The first-order valence-corrected chi connectivity index (χ1v) is 6.94. The van der Waals surface area contributed by atoms with Crippen LogP contribution < -0.4 is 16.6 Å². The highest BCUT2D eigenvalue weighted by molar-refractivity contribution is 6.00. The van der Waals surface area contributed by atoms with E-state index in [1.807, 2.05) is 12.1 Å². The zero-order valence-corrected chi connectivity index (χ0v) is 12.6. The van der Waals surface area contributed by atoms with Crippen LogP contribution in [0.4, 0.5) is 5.95 Å². The quantitative estimate of drug-likeness (QED) is 0.438. The van der Waals surface area contributed by atoms with Crippen LogP contribution in [0.15, 0.2) is 55.5 Å². The molecule has 116 valence electrons. The monoisotopic (exact) mass is 310 g/mol. The van der Waals surface area contributed by atoms with Crippen LogP contribution in [-0.2, 0) is 0 Å². The van der Waals surface area contributed by atoms with Gasteiger partial charge in [0.1, 0.15) is 5.58 Å². The lowest BCUT2D eigenvalue weighted by Gasteiger charge is -2.04. The van der Waals surface area contributed by atoms with Gasteiger partial charge < -0.3 is 4.42 Å². The van der Waals surface area contributed by atoms with Crippen LogP contribution in [0.1, 0.15) is 18.2 Å². The first-order chi connectivity index (χ1) is 11.0. The van der Waals surface area contributed by atoms with Gasteiger partial charge in [-0.3, -0.25) is 9.78 Å². The standard InChI is InChI=1S/C16H14N4O3/c1-9-7-14(21)18-16(17-9)20-19-10(2)12-8-11-5-3-4-6-13(11)23-15(12)22/h3-8H,1-2H3,(H2,17,18,20,21)/b19-10-. The minimum atomic E-state index is -0.475. The van der Waals surface area contributed by atoms with E-state index in [-0.39, 0.29) is 11.5 Å². The molecule has 7 nitrogen and oxygen atoms in total. The van der Waals surface area contributed by atoms with E-state index in [1.165, 1.54) is 6.07 Å². The normalized spacial score (nSPS) is 11.7. The van der Waals surface area contributed by atoms with Gasteiger partial charge in [-0.1, -0.05) is 18.2 Å². The van der Waals surface area contributed by atoms with Crippen LogP contribution in [0.3, 0.4) is 0 Å². The number of nitrogens with one attached hydrogen (secondary N) is 2. The number of H-pyrrole nitrogens is 1. The number of aryl methyl sites for hydroxylation is 1. The van der Waals surface area contributed by atoms with E-state index in [1.54, 1.807) is 32.0 Å². The predicted octanol–water partition coefficient (Wildman–Crippen LogP) is 2.02. The molecule has 7 heteroatoms. The van der Waals surface area contributed by atoms with E-state index in [0.717, 1.165) is 5.39 Å². The Hall–Kier alpha value is -3.22. The average Bonchev–Trinajstić information content (AvgIpc) is 2.51. The predicted molar refractivity (Wildman–Crippen MR) is 87.9 cm³/mol. The zero-order valence-electron chi connectivity index (χ0n) is 12.6. The Labute approximate surface area is 130 Å². The molecular weight excluding hydrogens is 296 g/mol. The number of hydrogen-bond acceptors (Lipinski definition) is 6. The van der Waals surface area contributed by atoms with Gasteiger partial charge in [0.15, 0.2) is 0 Å². The highest BCUT2D eigenvalue weighted by atomic mass is 16.4. The Bertz CT molecular complexity index is 1020. The number of para-hydroxylation sites is 1. The Morgan fingerprint density at radius 2 is 2.04 bits per heavy atom. The summed E-state index contributed by atoms with van der Waals surface area (Å²) < 4.78 is 5.27. The number of benzene rings is 1. The smallest absolute Gasteiger partial charge is 0.345 e. The van der Waals surface area contributed by atoms with Gasteiger partial charge in [0.05, 0.1) is 11.3 Å². The number of nitrogens with zero attached hydrogens (tertiary/aromatic N) is 2. The van der Waals surface area contributed by atoms with Crippen molar-refractivity contribution in [1.82, 2.24) is 9.97 Å². The van der Waals surface area contributed by atoms with Gasteiger partial charge in [-0.25, -0.2) is 15.2 Å². The molecule has 23 heavy (non-hydrogen) atoms. The molecule has 3 rings (SSSR count). The molecule has 0 aliphatic rings. The molecule has 0 amide bonds. The molecule has 0 radical (unpaired) electrons. The first kappa shape index (κ1) is 14.7. The first-order valence-electron chi connectivity index (χ1n) is 6.94. The van der Waals surface area contributed by atoms with Crippen LogP contribution >= 0.6 is 0 Å². The maximum absolute atomic E-state index is 12.0.